The van der Waals surface area contributed by atoms with Crippen molar-refractivity contribution in [2.45, 2.75) is 70.9 Å². The summed E-state index contributed by atoms with van der Waals surface area (Å²) in [5, 5.41) is 4.04. The van der Waals surface area contributed by atoms with E-state index in [1.807, 2.05) is 6.20 Å². The topological polar surface area (TPSA) is 26.0 Å². The molecule has 3 heteroatoms. The molecule has 0 aliphatic heterocycles. The van der Waals surface area contributed by atoms with Gasteiger partial charge in [-0.05, 0) is 74.0 Å². The van der Waals surface area contributed by atoms with Crippen LogP contribution >= 0.6 is 0 Å². The number of hydrogen-bond donors (Lipinski definition) is 0. The maximum absolute atomic E-state index is 15.4. The van der Waals surface area contributed by atoms with Crippen LogP contribution < -0.4 is 0 Å². The van der Waals surface area contributed by atoms with Gasteiger partial charge in [-0.15, -0.1) is 6.42 Å². The Bertz CT molecular complexity index is 749. The summed E-state index contributed by atoms with van der Waals surface area (Å²) in [6.45, 7) is 4.64. The summed E-state index contributed by atoms with van der Waals surface area (Å²) in [4.78, 5) is 0. The number of rotatable bonds is 0. The van der Waals surface area contributed by atoms with E-state index in [0.29, 0.717) is 35.5 Å². The Morgan fingerprint density at radius 3 is 2.80 bits per heavy atom. The van der Waals surface area contributed by atoms with Crippen molar-refractivity contribution in [2.24, 2.45) is 34.5 Å². The molecule has 4 aliphatic carbocycles. The largest absolute Gasteiger partial charge is 0.361 e. The lowest BCUT2D eigenvalue weighted by atomic mass is 9.44. The molecule has 0 saturated heterocycles. The molecule has 0 radical (unpaired) electrons. The Hall–Kier alpha value is -1.30. The summed E-state index contributed by atoms with van der Waals surface area (Å²) in [5.74, 6) is 6.13. The van der Waals surface area contributed by atoms with E-state index in [4.69, 9.17) is 10.9 Å². The quantitative estimate of drug-likeness (QED) is 0.623. The Kier molecular flexibility index (Phi) is 3.12. The Morgan fingerprint density at radius 1 is 1.20 bits per heavy atom. The standard InChI is InChI=1S/C22H28FNO/c1-4-22(23)10-8-18-16-6-5-15-11-19-14(13-24-25-19)12-20(15,2)17(16)7-9-21(18,22)3/h1,13,15-18H,5-12H2,2-3H3/t15-,16+,17-,18-,20-,21-,22-/m0/s1. The van der Waals surface area contributed by atoms with Gasteiger partial charge < -0.3 is 4.52 Å². The van der Waals surface area contributed by atoms with Crippen LogP contribution in [0.25, 0.3) is 0 Å². The van der Waals surface area contributed by atoms with Gasteiger partial charge in [-0.1, -0.05) is 24.9 Å². The summed E-state index contributed by atoms with van der Waals surface area (Å²) in [7, 11) is 0. The molecule has 5 rings (SSSR count). The zero-order valence-corrected chi connectivity index (χ0v) is 15.4. The smallest absolute Gasteiger partial charge is 0.176 e. The SMILES string of the molecule is C#C[C@]1(F)CC[C@H]2[C@@H]3CC[C@H]4Cc5oncc5C[C@]4(C)[C@H]3CC[C@@]21C. The fourth-order valence-electron chi connectivity index (χ4n) is 7.60. The Labute approximate surface area is 149 Å². The van der Waals surface area contributed by atoms with Crippen LogP contribution in [0.2, 0.25) is 0 Å². The molecule has 3 saturated carbocycles. The lowest BCUT2D eigenvalue weighted by molar-refractivity contribution is -0.112. The highest BCUT2D eigenvalue weighted by atomic mass is 19.1. The second kappa shape index (κ2) is 4.90. The maximum atomic E-state index is 15.4. The third-order valence-electron chi connectivity index (χ3n) is 9.12. The van der Waals surface area contributed by atoms with Crippen molar-refractivity contribution in [1.29, 1.82) is 0 Å². The summed E-state index contributed by atoms with van der Waals surface area (Å²) in [6.07, 6.45) is 15.8. The van der Waals surface area contributed by atoms with E-state index in [2.05, 4.69) is 24.9 Å². The first-order chi connectivity index (χ1) is 11.9. The first-order valence-electron chi connectivity index (χ1n) is 10.0. The molecule has 7 atom stereocenters. The van der Waals surface area contributed by atoms with Crippen molar-refractivity contribution in [3.8, 4) is 12.3 Å². The van der Waals surface area contributed by atoms with E-state index in [1.54, 1.807) is 0 Å². The fraction of sp³-hybridized carbons (Fsp3) is 0.773. The molecule has 0 amide bonds. The molecule has 0 unspecified atom stereocenters. The van der Waals surface area contributed by atoms with Crippen LogP contribution in [0.1, 0.15) is 63.7 Å². The molecule has 0 spiro atoms. The minimum atomic E-state index is -1.39. The fourth-order valence-corrected chi connectivity index (χ4v) is 7.60. The van der Waals surface area contributed by atoms with Crippen LogP contribution in [0.4, 0.5) is 4.39 Å². The van der Waals surface area contributed by atoms with Crippen molar-refractivity contribution in [2.75, 3.05) is 0 Å². The molecule has 2 nitrogen and oxygen atoms in total. The number of alkyl halides is 1. The van der Waals surface area contributed by atoms with Crippen LogP contribution in [0.15, 0.2) is 10.7 Å². The van der Waals surface area contributed by atoms with Crippen LogP contribution in [0.3, 0.4) is 0 Å². The van der Waals surface area contributed by atoms with E-state index >= 15 is 4.39 Å². The van der Waals surface area contributed by atoms with E-state index < -0.39 is 5.67 Å². The van der Waals surface area contributed by atoms with Gasteiger partial charge >= 0.3 is 0 Å². The van der Waals surface area contributed by atoms with Gasteiger partial charge in [0, 0.05) is 17.4 Å². The predicted molar refractivity (Wildman–Crippen MR) is 94.5 cm³/mol. The maximum Gasteiger partial charge on any atom is 0.176 e. The zero-order chi connectivity index (χ0) is 17.4. The van der Waals surface area contributed by atoms with Gasteiger partial charge in [-0.2, -0.15) is 0 Å². The van der Waals surface area contributed by atoms with E-state index in [9.17, 15) is 0 Å². The van der Waals surface area contributed by atoms with Gasteiger partial charge in [-0.3, -0.25) is 0 Å². The van der Waals surface area contributed by atoms with Gasteiger partial charge in [0.05, 0.1) is 6.20 Å². The molecule has 0 bridgehead atoms. The van der Waals surface area contributed by atoms with E-state index in [1.165, 1.54) is 18.4 Å². The second-order valence-electron chi connectivity index (χ2n) is 9.75. The van der Waals surface area contributed by atoms with Crippen LogP contribution in [0.5, 0.6) is 0 Å². The van der Waals surface area contributed by atoms with Crippen molar-refractivity contribution in [1.82, 2.24) is 5.16 Å². The number of nitrogens with zero attached hydrogens (tertiary/aromatic N) is 1. The summed E-state index contributed by atoms with van der Waals surface area (Å²) in [5.41, 5.74) is -0.0965. The van der Waals surface area contributed by atoms with E-state index in [0.717, 1.165) is 37.9 Å². The highest BCUT2D eigenvalue weighted by molar-refractivity contribution is 5.27. The van der Waals surface area contributed by atoms with Gasteiger partial charge in [0.1, 0.15) is 5.76 Å². The number of terminal acetylenes is 1. The van der Waals surface area contributed by atoms with Crippen LogP contribution in [0, 0.1) is 46.8 Å². The van der Waals surface area contributed by atoms with Gasteiger partial charge in [0.25, 0.3) is 0 Å². The first-order valence-corrected chi connectivity index (χ1v) is 10.0. The predicted octanol–water partition coefficient (Wildman–Crippen LogP) is 4.97. The molecule has 1 aromatic heterocycles. The molecule has 134 valence electrons. The second-order valence-corrected chi connectivity index (χ2v) is 9.75. The molecule has 25 heavy (non-hydrogen) atoms. The molecular weight excluding hydrogens is 313 g/mol. The number of hydrogen-bond acceptors (Lipinski definition) is 2. The van der Waals surface area contributed by atoms with Gasteiger partial charge in [0.2, 0.25) is 0 Å². The van der Waals surface area contributed by atoms with Crippen molar-refractivity contribution in [3.05, 3.63) is 17.5 Å². The molecule has 1 heterocycles. The molecule has 0 N–H and O–H groups in total. The lowest BCUT2D eigenvalue weighted by Crippen LogP contribution is -2.56. The lowest BCUT2D eigenvalue weighted by Gasteiger charge is -2.60. The molecule has 4 aliphatic rings. The van der Waals surface area contributed by atoms with Crippen molar-refractivity contribution >= 4 is 0 Å². The molecule has 0 aromatic carbocycles. The number of aromatic nitrogens is 1. The summed E-state index contributed by atoms with van der Waals surface area (Å²) >= 11 is 0. The normalized spacial score (nSPS) is 51.0. The van der Waals surface area contributed by atoms with Crippen molar-refractivity contribution in [3.63, 3.8) is 0 Å². The van der Waals surface area contributed by atoms with Crippen LogP contribution in [-0.4, -0.2) is 10.8 Å². The summed E-state index contributed by atoms with van der Waals surface area (Å²) < 4.78 is 20.9. The molecular formula is C22H28FNO. The number of fused-ring (bicyclic) bond motifs is 6. The Balaban J connectivity index is 1.50. The zero-order valence-electron chi connectivity index (χ0n) is 15.4. The number of halogens is 1. The average Bonchev–Trinajstić information content (AvgIpc) is 3.14. The first kappa shape index (κ1) is 15.9. The third-order valence-corrected chi connectivity index (χ3v) is 9.12. The molecule has 3 fully saturated rings. The summed E-state index contributed by atoms with van der Waals surface area (Å²) in [6, 6.07) is 0. The van der Waals surface area contributed by atoms with Crippen LogP contribution in [-0.2, 0) is 12.8 Å². The minimum absolute atomic E-state index is 0.306. The minimum Gasteiger partial charge on any atom is -0.361 e. The Morgan fingerprint density at radius 2 is 2.00 bits per heavy atom. The van der Waals surface area contributed by atoms with Gasteiger partial charge in [-0.25, -0.2) is 4.39 Å². The monoisotopic (exact) mass is 341 g/mol. The molecule has 1 aromatic rings. The highest BCUT2D eigenvalue weighted by Crippen LogP contribution is 2.68. The highest BCUT2D eigenvalue weighted by Gasteiger charge is 2.65. The third kappa shape index (κ3) is 1.84. The average molecular weight is 341 g/mol. The van der Waals surface area contributed by atoms with E-state index in [-0.39, 0.29) is 5.41 Å². The van der Waals surface area contributed by atoms with Crippen molar-refractivity contribution < 1.29 is 8.91 Å². The van der Waals surface area contributed by atoms with Gasteiger partial charge in [0.15, 0.2) is 5.67 Å².